The fourth-order valence-electron chi connectivity index (χ4n) is 4.74. The van der Waals surface area contributed by atoms with E-state index >= 15 is 0 Å². The molecule has 0 saturated heterocycles. The van der Waals surface area contributed by atoms with Crippen LogP contribution >= 0.6 is 0 Å². The minimum atomic E-state index is -0.117. The van der Waals surface area contributed by atoms with Crippen molar-refractivity contribution in [1.29, 1.82) is 0 Å². The maximum absolute atomic E-state index is 4.82. The van der Waals surface area contributed by atoms with Crippen LogP contribution in [-0.2, 0) is 5.41 Å². The number of hydrogen-bond donors (Lipinski definition) is 0. The summed E-state index contributed by atoms with van der Waals surface area (Å²) in [5.41, 5.74) is 8.78. The number of rotatable bonds is 2. The first kappa shape index (κ1) is 17.0. The molecule has 1 aliphatic rings. The lowest BCUT2D eigenvalue weighted by atomic mass is 9.78. The zero-order valence-corrected chi connectivity index (χ0v) is 16.8. The van der Waals surface area contributed by atoms with Crippen LogP contribution in [-0.4, -0.2) is 19.1 Å². The van der Waals surface area contributed by atoms with Gasteiger partial charge in [0.1, 0.15) is 0 Å². The Kier molecular flexibility index (Phi) is 3.60. The Morgan fingerprint density at radius 1 is 0.786 bits per heavy atom. The van der Waals surface area contributed by atoms with Crippen LogP contribution in [0.1, 0.15) is 25.0 Å². The zero-order chi connectivity index (χ0) is 19.5. The molecular weight excluding hydrogens is 340 g/mol. The van der Waals surface area contributed by atoms with E-state index < -0.39 is 0 Å². The summed E-state index contributed by atoms with van der Waals surface area (Å²) in [5.74, 6) is 0. The predicted molar refractivity (Wildman–Crippen MR) is 119 cm³/mol. The standard InChI is InChI=1S/C26H24N2/c1-26(2)23-20(13-11-17-10-12-19(28(3)4)16-22(17)23)21-14-15-27-25(24(21)26)18-8-6-5-7-9-18/h5-16H,1-4H3. The van der Waals surface area contributed by atoms with Crippen LogP contribution in [0.25, 0.3) is 33.2 Å². The molecule has 1 aliphatic carbocycles. The van der Waals surface area contributed by atoms with Gasteiger partial charge in [0.25, 0.3) is 0 Å². The molecule has 0 spiro atoms. The Labute approximate surface area is 166 Å². The molecule has 138 valence electrons. The zero-order valence-electron chi connectivity index (χ0n) is 16.8. The number of anilines is 1. The lowest BCUT2D eigenvalue weighted by molar-refractivity contribution is 0.665. The van der Waals surface area contributed by atoms with Crippen LogP contribution < -0.4 is 4.90 Å². The molecule has 0 N–H and O–H groups in total. The van der Waals surface area contributed by atoms with Gasteiger partial charge in [0, 0.05) is 37.0 Å². The summed E-state index contributed by atoms with van der Waals surface area (Å²) >= 11 is 0. The summed E-state index contributed by atoms with van der Waals surface area (Å²) in [5, 5.41) is 2.63. The Morgan fingerprint density at radius 2 is 1.50 bits per heavy atom. The molecule has 0 atom stereocenters. The van der Waals surface area contributed by atoms with E-state index in [-0.39, 0.29) is 5.41 Å². The van der Waals surface area contributed by atoms with E-state index in [9.17, 15) is 0 Å². The van der Waals surface area contributed by atoms with Crippen LogP contribution in [0.5, 0.6) is 0 Å². The van der Waals surface area contributed by atoms with Crippen molar-refractivity contribution in [2.24, 2.45) is 0 Å². The van der Waals surface area contributed by atoms with Crippen molar-refractivity contribution in [2.75, 3.05) is 19.0 Å². The molecule has 5 rings (SSSR count). The SMILES string of the molecule is CN(C)c1ccc2ccc3c(c2c1)C(C)(C)c1c-3ccnc1-c1ccccc1. The minimum Gasteiger partial charge on any atom is -0.378 e. The Bertz CT molecular complexity index is 1200. The highest BCUT2D eigenvalue weighted by molar-refractivity contribution is 6.00. The van der Waals surface area contributed by atoms with E-state index in [2.05, 4.69) is 99.6 Å². The van der Waals surface area contributed by atoms with Crippen LogP contribution in [0.2, 0.25) is 0 Å². The molecule has 1 aromatic heterocycles. The van der Waals surface area contributed by atoms with Gasteiger partial charge in [0.15, 0.2) is 0 Å². The largest absolute Gasteiger partial charge is 0.378 e. The molecule has 1 heterocycles. The summed E-state index contributed by atoms with van der Waals surface area (Å²) in [6.07, 6.45) is 1.95. The van der Waals surface area contributed by atoms with Crippen molar-refractivity contribution in [2.45, 2.75) is 19.3 Å². The Balaban J connectivity index is 1.84. The van der Waals surface area contributed by atoms with E-state index in [0.29, 0.717) is 0 Å². The van der Waals surface area contributed by atoms with Crippen molar-refractivity contribution in [3.8, 4) is 22.4 Å². The number of fused-ring (bicyclic) bond motifs is 5. The highest BCUT2D eigenvalue weighted by Crippen LogP contribution is 2.53. The van der Waals surface area contributed by atoms with Crippen molar-refractivity contribution in [3.05, 3.63) is 84.1 Å². The second-order valence-electron chi connectivity index (χ2n) is 8.36. The molecule has 0 amide bonds. The monoisotopic (exact) mass is 364 g/mol. The molecule has 4 aromatic rings. The molecule has 0 radical (unpaired) electrons. The van der Waals surface area contributed by atoms with Crippen LogP contribution in [0.4, 0.5) is 5.69 Å². The third-order valence-corrected chi connectivity index (χ3v) is 6.06. The van der Waals surface area contributed by atoms with Crippen LogP contribution in [0.3, 0.4) is 0 Å². The van der Waals surface area contributed by atoms with Crippen LogP contribution in [0.15, 0.2) is 72.9 Å². The molecule has 2 nitrogen and oxygen atoms in total. The van der Waals surface area contributed by atoms with Crippen LogP contribution in [0, 0.1) is 0 Å². The molecule has 0 unspecified atom stereocenters. The number of nitrogens with zero attached hydrogens (tertiary/aromatic N) is 2. The Hall–Kier alpha value is -3.13. The predicted octanol–water partition coefficient (Wildman–Crippen LogP) is 6.27. The topological polar surface area (TPSA) is 16.1 Å². The van der Waals surface area contributed by atoms with Crippen molar-refractivity contribution >= 4 is 16.5 Å². The third-order valence-electron chi connectivity index (χ3n) is 6.06. The lowest BCUT2D eigenvalue weighted by Gasteiger charge is -2.25. The van der Waals surface area contributed by atoms with Gasteiger partial charge in [-0.05, 0) is 51.2 Å². The summed E-state index contributed by atoms with van der Waals surface area (Å²) in [6, 6.07) is 24.0. The van der Waals surface area contributed by atoms with Gasteiger partial charge in [0.2, 0.25) is 0 Å². The number of aromatic nitrogens is 1. The lowest BCUT2D eigenvalue weighted by Crippen LogP contribution is -2.17. The van der Waals surface area contributed by atoms with E-state index in [1.165, 1.54) is 44.3 Å². The summed E-state index contributed by atoms with van der Waals surface area (Å²) in [4.78, 5) is 6.99. The molecule has 0 fully saturated rings. The first-order chi connectivity index (χ1) is 13.5. The van der Waals surface area contributed by atoms with Gasteiger partial charge in [-0.25, -0.2) is 0 Å². The smallest absolute Gasteiger partial charge is 0.0748 e. The molecule has 2 heteroatoms. The van der Waals surface area contributed by atoms with E-state index in [1.54, 1.807) is 0 Å². The van der Waals surface area contributed by atoms with E-state index in [0.717, 1.165) is 5.69 Å². The third kappa shape index (κ3) is 2.31. The maximum Gasteiger partial charge on any atom is 0.0748 e. The minimum absolute atomic E-state index is 0.117. The van der Waals surface area contributed by atoms with Crippen molar-refractivity contribution in [3.63, 3.8) is 0 Å². The quantitative estimate of drug-likeness (QED) is 0.416. The fourth-order valence-corrected chi connectivity index (χ4v) is 4.74. The normalized spacial score (nSPS) is 14.0. The van der Waals surface area contributed by atoms with Gasteiger partial charge in [0.05, 0.1) is 5.69 Å². The van der Waals surface area contributed by atoms with Gasteiger partial charge >= 0.3 is 0 Å². The highest BCUT2D eigenvalue weighted by atomic mass is 15.1. The van der Waals surface area contributed by atoms with Gasteiger partial charge in [-0.1, -0.05) is 62.4 Å². The number of pyridine rings is 1. The average Bonchev–Trinajstić information content (AvgIpc) is 2.96. The second kappa shape index (κ2) is 5.93. The first-order valence-corrected chi connectivity index (χ1v) is 9.78. The van der Waals surface area contributed by atoms with Crippen molar-refractivity contribution in [1.82, 2.24) is 4.98 Å². The number of hydrogen-bond acceptors (Lipinski definition) is 2. The van der Waals surface area contributed by atoms with Gasteiger partial charge in [-0.3, -0.25) is 4.98 Å². The molecule has 3 aromatic carbocycles. The molecule has 28 heavy (non-hydrogen) atoms. The van der Waals surface area contributed by atoms with E-state index in [4.69, 9.17) is 4.98 Å². The van der Waals surface area contributed by atoms with E-state index in [1.807, 2.05) is 6.20 Å². The molecule has 0 bridgehead atoms. The highest BCUT2D eigenvalue weighted by Gasteiger charge is 2.39. The maximum atomic E-state index is 4.82. The molecule has 0 aliphatic heterocycles. The molecular formula is C26H24N2. The van der Waals surface area contributed by atoms with Gasteiger partial charge < -0.3 is 4.90 Å². The average molecular weight is 364 g/mol. The second-order valence-corrected chi connectivity index (χ2v) is 8.36. The fraction of sp³-hybridized carbons (Fsp3) is 0.192. The van der Waals surface area contributed by atoms with Gasteiger partial charge in [-0.2, -0.15) is 0 Å². The first-order valence-electron chi connectivity index (χ1n) is 9.78. The summed E-state index contributed by atoms with van der Waals surface area (Å²) < 4.78 is 0. The Morgan fingerprint density at radius 3 is 2.25 bits per heavy atom. The van der Waals surface area contributed by atoms with Gasteiger partial charge in [-0.15, -0.1) is 0 Å². The summed E-state index contributed by atoms with van der Waals surface area (Å²) in [6.45, 7) is 4.68. The van der Waals surface area contributed by atoms with Crippen molar-refractivity contribution < 1.29 is 0 Å². The number of benzene rings is 3. The summed E-state index contributed by atoms with van der Waals surface area (Å²) in [7, 11) is 4.20. The molecule has 0 saturated carbocycles.